The van der Waals surface area contributed by atoms with E-state index in [1.165, 1.54) is 0 Å². The Morgan fingerprint density at radius 2 is 1.93 bits per heavy atom. The van der Waals surface area contributed by atoms with Gasteiger partial charge in [0.1, 0.15) is 0 Å². The highest BCUT2D eigenvalue weighted by Crippen LogP contribution is 1.93. The molecular weight excluding hydrogens is 192 g/mol. The van der Waals surface area contributed by atoms with Gasteiger partial charge < -0.3 is 15.3 Å². The SMILES string of the molecule is CCN(CC)CCNC(=O)CCCCO. The molecule has 0 fully saturated rings. The fraction of sp³-hybridized carbons (Fsp3) is 0.909. The second-order valence-corrected chi connectivity index (χ2v) is 3.56. The van der Waals surface area contributed by atoms with Gasteiger partial charge in [0.05, 0.1) is 0 Å². The lowest BCUT2D eigenvalue weighted by Crippen LogP contribution is -2.34. The van der Waals surface area contributed by atoms with Gasteiger partial charge in [-0.1, -0.05) is 13.8 Å². The van der Waals surface area contributed by atoms with E-state index < -0.39 is 0 Å². The van der Waals surface area contributed by atoms with Crippen LogP contribution in [0.1, 0.15) is 33.1 Å². The van der Waals surface area contributed by atoms with Crippen LogP contribution in [0.2, 0.25) is 0 Å². The highest BCUT2D eigenvalue weighted by molar-refractivity contribution is 5.75. The molecule has 0 aliphatic rings. The summed E-state index contributed by atoms with van der Waals surface area (Å²) in [5, 5.41) is 11.4. The second-order valence-electron chi connectivity index (χ2n) is 3.56. The quantitative estimate of drug-likeness (QED) is 0.555. The van der Waals surface area contributed by atoms with Crippen molar-refractivity contribution in [1.29, 1.82) is 0 Å². The largest absolute Gasteiger partial charge is 0.396 e. The number of aliphatic hydroxyl groups excluding tert-OH is 1. The fourth-order valence-electron chi connectivity index (χ4n) is 1.38. The molecule has 0 atom stereocenters. The molecule has 0 aromatic heterocycles. The molecule has 0 spiro atoms. The van der Waals surface area contributed by atoms with Gasteiger partial charge in [0, 0.05) is 26.1 Å². The second kappa shape index (κ2) is 9.93. The number of carbonyl (C=O) groups excluding carboxylic acids is 1. The summed E-state index contributed by atoms with van der Waals surface area (Å²) < 4.78 is 0. The molecule has 0 aliphatic heterocycles. The summed E-state index contributed by atoms with van der Waals surface area (Å²) in [5.74, 6) is 0.0932. The topological polar surface area (TPSA) is 52.6 Å². The number of hydrogen-bond donors (Lipinski definition) is 2. The van der Waals surface area contributed by atoms with E-state index >= 15 is 0 Å². The van der Waals surface area contributed by atoms with Crippen LogP contribution in [0.25, 0.3) is 0 Å². The van der Waals surface area contributed by atoms with E-state index in [0.717, 1.165) is 32.6 Å². The Bertz CT molecular complexity index is 159. The molecule has 4 nitrogen and oxygen atoms in total. The van der Waals surface area contributed by atoms with Gasteiger partial charge in [-0.2, -0.15) is 0 Å². The number of nitrogens with one attached hydrogen (secondary N) is 1. The van der Waals surface area contributed by atoms with Crippen LogP contribution in [0, 0.1) is 0 Å². The number of rotatable bonds is 9. The summed E-state index contributed by atoms with van der Waals surface area (Å²) in [6.45, 7) is 8.10. The van der Waals surface area contributed by atoms with Crippen molar-refractivity contribution in [2.24, 2.45) is 0 Å². The summed E-state index contributed by atoms with van der Waals surface area (Å²) in [5.41, 5.74) is 0. The molecule has 4 heteroatoms. The zero-order chi connectivity index (χ0) is 11.5. The summed E-state index contributed by atoms with van der Waals surface area (Å²) >= 11 is 0. The van der Waals surface area contributed by atoms with Crippen LogP contribution in [0.5, 0.6) is 0 Å². The van der Waals surface area contributed by atoms with Crippen molar-refractivity contribution in [2.45, 2.75) is 33.1 Å². The molecule has 0 bridgehead atoms. The molecule has 0 aromatic carbocycles. The summed E-state index contributed by atoms with van der Waals surface area (Å²) in [6, 6.07) is 0. The molecule has 0 heterocycles. The van der Waals surface area contributed by atoms with Crippen molar-refractivity contribution >= 4 is 5.91 Å². The normalized spacial score (nSPS) is 10.7. The third kappa shape index (κ3) is 8.39. The summed E-state index contributed by atoms with van der Waals surface area (Å²) in [7, 11) is 0. The smallest absolute Gasteiger partial charge is 0.220 e. The van der Waals surface area contributed by atoms with Gasteiger partial charge in [0.15, 0.2) is 0 Å². The van der Waals surface area contributed by atoms with Crippen LogP contribution >= 0.6 is 0 Å². The minimum Gasteiger partial charge on any atom is -0.396 e. The predicted octanol–water partition coefficient (Wildman–Crippen LogP) is 0.607. The fourth-order valence-corrected chi connectivity index (χ4v) is 1.38. The van der Waals surface area contributed by atoms with E-state index in [1.807, 2.05) is 0 Å². The Labute approximate surface area is 92.7 Å². The van der Waals surface area contributed by atoms with Gasteiger partial charge in [-0.3, -0.25) is 4.79 Å². The van der Waals surface area contributed by atoms with Gasteiger partial charge >= 0.3 is 0 Å². The highest BCUT2D eigenvalue weighted by Gasteiger charge is 2.02. The van der Waals surface area contributed by atoms with Crippen LogP contribution in [0.3, 0.4) is 0 Å². The van der Waals surface area contributed by atoms with Crippen LogP contribution in [-0.4, -0.2) is 48.7 Å². The minimum absolute atomic E-state index is 0.0932. The van der Waals surface area contributed by atoms with Crippen molar-refractivity contribution in [3.05, 3.63) is 0 Å². The van der Waals surface area contributed by atoms with Crippen molar-refractivity contribution in [2.75, 3.05) is 32.8 Å². The number of likely N-dealkylation sites (N-methyl/N-ethyl adjacent to an activating group) is 1. The Morgan fingerprint density at radius 1 is 1.27 bits per heavy atom. The average Bonchev–Trinajstić information content (AvgIpc) is 2.25. The molecule has 90 valence electrons. The lowest BCUT2D eigenvalue weighted by Gasteiger charge is -2.17. The first-order chi connectivity index (χ1) is 7.24. The molecule has 0 saturated heterocycles. The van der Waals surface area contributed by atoms with Crippen molar-refractivity contribution < 1.29 is 9.90 Å². The maximum Gasteiger partial charge on any atom is 0.220 e. The Balaban J connectivity index is 3.37. The number of nitrogens with zero attached hydrogens (tertiary/aromatic N) is 1. The summed E-state index contributed by atoms with van der Waals surface area (Å²) in [4.78, 5) is 13.5. The molecular formula is C11H24N2O2. The van der Waals surface area contributed by atoms with E-state index in [4.69, 9.17) is 5.11 Å². The lowest BCUT2D eigenvalue weighted by atomic mass is 10.2. The molecule has 0 saturated carbocycles. The Hall–Kier alpha value is -0.610. The third-order valence-corrected chi connectivity index (χ3v) is 2.46. The Kier molecular flexibility index (Phi) is 9.52. The molecule has 0 aromatic rings. The summed E-state index contributed by atoms with van der Waals surface area (Å²) in [6.07, 6.45) is 2.01. The molecule has 1 amide bonds. The standard InChI is InChI=1S/C11H24N2O2/c1-3-13(4-2)9-8-12-11(15)7-5-6-10-14/h14H,3-10H2,1-2H3,(H,12,15). The number of amides is 1. The van der Waals surface area contributed by atoms with Crippen LogP contribution in [-0.2, 0) is 4.79 Å². The molecule has 15 heavy (non-hydrogen) atoms. The molecule has 0 unspecified atom stereocenters. The van der Waals surface area contributed by atoms with Crippen molar-refractivity contribution in [3.8, 4) is 0 Å². The van der Waals surface area contributed by atoms with E-state index in [-0.39, 0.29) is 12.5 Å². The van der Waals surface area contributed by atoms with Gasteiger partial charge in [-0.25, -0.2) is 0 Å². The van der Waals surface area contributed by atoms with Gasteiger partial charge in [0.2, 0.25) is 5.91 Å². The lowest BCUT2D eigenvalue weighted by molar-refractivity contribution is -0.121. The van der Waals surface area contributed by atoms with Gasteiger partial charge in [-0.15, -0.1) is 0 Å². The van der Waals surface area contributed by atoms with E-state index in [0.29, 0.717) is 12.8 Å². The van der Waals surface area contributed by atoms with E-state index in [1.54, 1.807) is 0 Å². The average molecular weight is 216 g/mol. The number of unbranched alkanes of at least 4 members (excludes halogenated alkanes) is 1. The van der Waals surface area contributed by atoms with E-state index in [2.05, 4.69) is 24.1 Å². The van der Waals surface area contributed by atoms with E-state index in [9.17, 15) is 4.79 Å². The van der Waals surface area contributed by atoms with Crippen molar-refractivity contribution in [1.82, 2.24) is 10.2 Å². The first-order valence-corrected chi connectivity index (χ1v) is 5.84. The maximum absolute atomic E-state index is 11.3. The first kappa shape index (κ1) is 14.4. The number of hydrogen-bond acceptors (Lipinski definition) is 3. The Morgan fingerprint density at radius 3 is 2.47 bits per heavy atom. The van der Waals surface area contributed by atoms with Crippen LogP contribution < -0.4 is 5.32 Å². The van der Waals surface area contributed by atoms with Crippen molar-refractivity contribution in [3.63, 3.8) is 0 Å². The number of aliphatic hydroxyl groups is 1. The maximum atomic E-state index is 11.3. The zero-order valence-electron chi connectivity index (χ0n) is 9.96. The number of carbonyl (C=O) groups is 1. The first-order valence-electron chi connectivity index (χ1n) is 5.84. The zero-order valence-corrected chi connectivity index (χ0v) is 9.96. The van der Waals surface area contributed by atoms with Gasteiger partial charge in [-0.05, 0) is 25.9 Å². The monoisotopic (exact) mass is 216 g/mol. The van der Waals surface area contributed by atoms with Gasteiger partial charge in [0.25, 0.3) is 0 Å². The molecule has 0 radical (unpaired) electrons. The predicted molar refractivity (Wildman–Crippen MR) is 61.7 cm³/mol. The molecule has 2 N–H and O–H groups in total. The molecule has 0 rings (SSSR count). The van der Waals surface area contributed by atoms with Crippen LogP contribution in [0.15, 0.2) is 0 Å². The third-order valence-electron chi connectivity index (χ3n) is 2.46. The minimum atomic E-state index is 0.0932. The highest BCUT2D eigenvalue weighted by atomic mass is 16.2. The molecule has 0 aliphatic carbocycles. The van der Waals surface area contributed by atoms with Crippen LogP contribution in [0.4, 0.5) is 0 Å².